The van der Waals surface area contributed by atoms with E-state index in [-0.39, 0.29) is 5.56 Å². The van der Waals surface area contributed by atoms with E-state index in [0.717, 1.165) is 6.07 Å². The minimum absolute atomic E-state index is 0.0406. The SMILES string of the molecule is Cc1ccc(F)cc1C(NN)c1ccccc1C(F)(F)F. The van der Waals surface area contributed by atoms with Gasteiger partial charge in [-0.15, -0.1) is 0 Å². The fourth-order valence-electron chi connectivity index (χ4n) is 2.28. The van der Waals surface area contributed by atoms with Gasteiger partial charge in [0, 0.05) is 0 Å². The summed E-state index contributed by atoms with van der Waals surface area (Å²) >= 11 is 0. The molecule has 0 aliphatic carbocycles. The van der Waals surface area contributed by atoms with Crippen LogP contribution in [0.3, 0.4) is 0 Å². The van der Waals surface area contributed by atoms with Crippen molar-refractivity contribution in [3.63, 3.8) is 0 Å². The number of hydrogen-bond acceptors (Lipinski definition) is 2. The van der Waals surface area contributed by atoms with E-state index in [9.17, 15) is 17.6 Å². The first kappa shape index (κ1) is 15.5. The standard InChI is InChI=1S/C15H14F4N2/c1-9-6-7-10(16)8-12(9)14(21-20)11-4-2-3-5-13(11)15(17,18)19/h2-8,14,21H,20H2,1H3. The molecule has 2 rings (SSSR count). The molecule has 0 heterocycles. The van der Waals surface area contributed by atoms with Crippen molar-refractivity contribution in [1.82, 2.24) is 5.43 Å². The van der Waals surface area contributed by atoms with E-state index >= 15 is 0 Å². The molecule has 2 aromatic rings. The summed E-state index contributed by atoms with van der Waals surface area (Å²) in [5, 5.41) is 0. The molecule has 2 aromatic carbocycles. The Balaban J connectivity index is 2.60. The molecule has 0 aliphatic heterocycles. The Morgan fingerprint density at radius 3 is 2.33 bits per heavy atom. The van der Waals surface area contributed by atoms with Crippen molar-refractivity contribution < 1.29 is 17.6 Å². The van der Waals surface area contributed by atoms with Gasteiger partial charge in [0.05, 0.1) is 11.6 Å². The maximum absolute atomic E-state index is 13.4. The van der Waals surface area contributed by atoms with E-state index < -0.39 is 23.6 Å². The second-order valence-electron chi connectivity index (χ2n) is 4.69. The Morgan fingerprint density at radius 1 is 1.05 bits per heavy atom. The van der Waals surface area contributed by atoms with Gasteiger partial charge in [0.25, 0.3) is 0 Å². The summed E-state index contributed by atoms with van der Waals surface area (Å²) in [7, 11) is 0. The van der Waals surface area contributed by atoms with Gasteiger partial charge in [0.2, 0.25) is 0 Å². The van der Waals surface area contributed by atoms with Crippen LogP contribution in [0.15, 0.2) is 42.5 Å². The van der Waals surface area contributed by atoms with Crippen LogP contribution in [-0.4, -0.2) is 0 Å². The van der Waals surface area contributed by atoms with Gasteiger partial charge in [-0.05, 0) is 41.8 Å². The number of benzene rings is 2. The van der Waals surface area contributed by atoms with Crippen LogP contribution in [0.1, 0.15) is 28.3 Å². The largest absolute Gasteiger partial charge is 0.416 e. The van der Waals surface area contributed by atoms with Gasteiger partial charge in [-0.2, -0.15) is 13.2 Å². The Hall–Kier alpha value is -1.92. The smallest absolute Gasteiger partial charge is 0.271 e. The first-order valence-electron chi connectivity index (χ1n) is 6.23. The van der Waals surface area contributed by atoms with Crippen molar-refractivity contribution in [2.75, 3.05) is 0 Å². The second-order valence-corrected chi connectivity index (χ2v) is 4.69. The predicted octanol–water partition coefficient (Wildman–Crippen LogP) is 3.71. The molecule has 0 radical (unpaired) electrons. The molecule has 0 saturated carbocycles. The first-order valence-corrected chi connectivity index (χ1v) is 6.23. The summed E-state index contributed by atoms with van der Waals surface area (Å²) in [4.78, 5) is 0. The zero-order valence-electron chi connectivity index (χ0n) is 11.2. The molecule has 2 nitrogen and oxygen atoms in total. The summed E-state index contributed by atoms with van der Waals surface area (Å²) in [5.41, 5.74) is 2.53. The normalized spacial score (nSPS) is 13.2. The maximum atomic E-state index is 13.4. The summed E-state index contributed by atoms with van der Waals surface area (Å²) < 4.78 is 52.7. The van der Waals surface area contributed by atoms with Crippen LogP contribution in [0.5, 0.6) is 0 Å². The molecule has 0 spiro atoms. The number of rotatable bonds is 3. The lowest BCUT2D eigenvalue weighted by atomic mass is 9.92. The highest BCUT2D eigenvalue weighted by Crippen LogP contribution is 2.36. The lowest BCUT2D eigenvalue weighted by molar-refractivity contribution is -0.138. The molecule has 0 bridgehead atoms. The lowest BCUT2D eigenvalue weighted by Gasteiger charge is -2.23. The van der Waals surface area contributed by atoms with Crippen LogP contribution in [-0.2, 0) is 6.18 Å². The molecule has 1 atom stereocenters. The summed E-state index contributed by atoms with van der Waals surface area (Å²) in [6, 6.07) is 8.10. The highest BCUT2D eigenvalue weighted by Gasteiger charge is 2.35. The Kier molecular flexibility index (Phi) is 4.29. The van der Waals surface area contributed by atoms with E-state index in [2.05, 4.69) is 5.43 Å². The third-order valence-corrected chi connectivity index (χ3v) is 3.30. The van der Waals surface area contributed by atoms with Crippen LogP contribution in [0.2, 0.25) is 0 Å². The molecule has 0 fully saturated rings. The lowest BCUT2D eigenvalue weighted by Crippen LogP contribution is -2.31. The molecule has 0 amide bonds. The number of hydrogen-bond donors (Lipinski definition) is 2. The molecular weight excluding hydrogens is 284 g/mol. The van der Waals surface area contributed by atoms with Gasteiger partial charge in [0.1, 0.15) is 5.82 Å². The highest BCUT2D eigenvalue weighted by molar-refractivity contribution is 5.41. The summed E-state index contributed by atoms with van der Waals surface area (Å²) in [5.74, 6) is 4.90. The molecular formula is C15H14F4N2. The van der Waals surface area contributed by atoms with Crippen LogP contribution in [0.4, 0.5) is 17.6 Å². The summed E-state index contributed by atoms with van der Waals surface area (Å²) in [6.07, 6.45) is -4.51. The van der Waals surface area contributed by atoms with E-state index in [1.54, 1.807) is 6.92 Å². The third-order valence-electron chi connectivity index (χ3n) is 3.30. The second kappa shape index (κ2) is 5.83. The number of aryl methyl sites for hydroxylation is 1. The van der Waals surface area contributed by atoms with Gasteiger partial charge >= 0.3 is 6.18 Å². The number of nitrogens with two attached hydrogens (primary N) is 1. The third kappa shape index (κ3) is 3.22. The Morgan fingerprint density at radius 2 is 1.71 bits per heavy atom. The predicted molar refractivity (Wildman–Crippen MR) is 71.7 cm³/mol. The van der Waals surface area contributed by atoms with E-state index in [4.69, 9.17) is 5.84 Å². The number of halogens is 4. The van der Waals surface area contributed by atoms with Crippen LogP contribution >= 0.6 is 0 Å². The zero-order chi connectivity index (χ0) is 15.6. The Labute approximate surface area is 119 Å². The molecule has 0 saturated heterocycles. The monoisotopic (exact) mass is 298 g/mol. The van der Waals surface area contributed by atoms with Gasteiger partial charge in [-0.25, -0.2) is 9.82 Å². The Bertz CT molecular complexity index is 638. The number of hydrazine groups is 1. The maximum Gasteiger partial charge on any atom is 0.416 e. The molecule has 3 N–H and O–H groups in total. The highest BCUT2D eigenvalue weighted by atomic mass is 19.4. The van der Waals surface area contributed by atoms with Crippen molar-refractivity contribution in [3.05, 3.63) is 70.5 Å². The molecule has 112 valence electrons. The molecule has 1 unspecified atom stereocenters. The van der Waals surface area contributed by atoms with Gasteiger partial charge in [0.15, 0.2) is 0 Å². The van der Waals surface area contributed by atoms with Crippen LogP contribution < -0.4 is 11.3 Å². The average molecular weight is 298 g/mol. The van der Waals surface area contributed by atoms with Crippen molar-refractivity contribution >= 4 is 0 Å². The summed E-state index contributed by atoms with van der Waals surface area (Å²) in [6.45, 7) is 1.69. The van der Waals surface area contributed by atoms with Crippen LogP contribution in [0.25, 0.3) is 0 Å². The average Bonchev–Trinajstić information content (AvgIpc) is 2.43. The quantitative estimate of drug-likeness (QED) is 0.515. The minimum atomic E-state index is -4.51. The van der Waals surface area contributed by atoms with Crippen molar-refractivity contribution in [1.29, 1.82) is 0 Å². The molecule has 21 heavy (non-hydrogen) atoms. The molecule has 0 aliphatic rings. The number of alkyl halides is 3. The van der Waals surface area contributed by atoms with Gasteiger partial charge in [-0.3, -0.25) is 5.84 Å². The van der Waals surface area contributed by atoms with E-state index in [1.165, 1.54) is 36.4 Å². The van der Waals surface area contributed by atoms with Crippen molar-refractivity contribution in [3.8, 4) is 0 Å². The van der Waals surface area contributed by atoms with Gasteiger partial charge in [-0.1, -0.05) is 24.3 Å². The van der Waals surface area contributed by atoms with Crippen molar-refractivity contribution in [2.45, 2.75) is 19.1 Å². The fourth-order valence-corrected chi connectivity index (χ4v) is 2.28. The van der Waals surface area contributed by atoms with Crippen molar-refractivity contribution in [2.24, 2.45) is 5.84 Å². The van der Waals surface area contributed by atoms with E-state index in [0.29, 0.717) is 11.1 Å². The number of nitrogens with one attached hydrogen (secondary N) is 1. The van der Waals surface area contributed by atoms with Crippen LogP contribution in [0, 0.1) is 12.7 Å². The molecule has 6 heteroatoms. The van der Waals surface area contributed by atoms with E-state index in [1.807, 2.05) is 0 Å². The first-order chi connectivity index (χ1) is 9.84. The van der Waals surface area contributed by atoms with Gasteiger partial charge < -0.3 is 0 Å². The topological polar surface area (TPSA) is 38.0 Å². The minimum Gasteiger partial charge on any atom is -0.271 e. The fraction of sp³-hybridized carbons (Fsp3) is 0.200. The molecule has 0 aromatic heterocycles. The zero-order valence-corrected chi connectivity index (χ0v) is 11.2.